The second-order valence-electron chi connectivity index (χ2n) is 7.02. The number of aromatic amines is 1. The van der Waals surface area contributed by atoms with Crippen molar-refractivity contribution >= 4 is 17.6 Å². The molecule has 0 spiro atoms. The number of nitrogens with one attached hydrogen (secondary N) is 1. The van der Waals surface area contributed by atoms with E-state index in [0.717, 1.165) is 12.8 Å². The molecular weight excluding hydrogens is 389 g/mol. The first-order chi connectivity index (χ1) is 14.7. The number of rotatable bonds is 5. The van der Waals surface area contributed by atoms with E-state index in [1.165, 1.54) is 12.4 Å². The van der Waals surface area contributed by atoms with Crippen molar-refractivity contribution in [3.8, 4) is 22.5 Å². The number of hydrogen-bond donors (Lipinski definition) is 1. The summed E-state index contributed by atoms with van der Waals surface area (Å²) in [4.78, 5) is 22.5. The van der Waals surface area contributed by atoms with Crippen LogP contribution in [0.5, 0.6) is 0 Å². The summed E-state index contributed by atoms with van der Waals surface area (Å²) < 4.78 is 21.5. The van der Waals surface area contributed by atoms with E-state index in [1.807, 2.05) is 0 Å². The first-order valence-corrected chi connectivity index (χ1v) is 9.62. The molecule has 1 atom stereocenters. The van der Waals surface area contributed by atoms with Crippen molar-refractivity contribution in [2.24, 2.45) is 0 Å². The van der Waals surface area contributed by atoms with Gasteiger partial charge < -0.3 is 4.74 Å². The molecule has 1 aliphatic rings. The Bertz CT molecular complexity index is 1220. The Kier molecular flexibility index (Phi) is 4.38. The molecule has 0 bridgehead atoms. The Balaban J connectivity index is 1.55. The molecular formula is C20H18FN7O2. The van der Waals surface area contributed by atoms with Gasteiger partial charge in [0.05, 0.1) is 17.8 Å². The van der Waals surface area contributed by atoms with Crippen molar-refractivity contribution in [2.75, 3.05) is 11.5 Å². The van der Waals surface area contributed by atoms with Crippen LogP contribution < -0.4 is 4.90 Å². The van der Waals surface area contributed by atoms with Crippen LogP contribution in [0.15, 0.2) is 43.0 Å². The van der Waals surface area contributed by atoms with Gasteiger partial charge in [-0.3, -0.25) is 10.00 Å². The van der Waals surface area contributed by atoms with Gasteiger partial charge in [0, 0.05) is 11.8 Å². The highest BCUT2D eigenvalue weighted by Crippen LogP contribution is 2.30. The molecule has 1 saturated heterocycles. The van der Waals surface area contributed by atoms with E-state index >= 15 is 0 Å². The predicted octanol–water partition coefficient (Wildman–Crippen LogP) is 3.45. The molecule has 1 fully saturated rings. The molecule has 1 aliphatic heterocycles. The van der Waals surface area contributed by atoms with E-state index in [0.29, 0.717) is 34.8 Å². The van der Waals surface area contributed by atoms with Crippen LogP contribution in [-0.4, -0.2) is 48.5 Å². The van der Waals surface area contributed by atoms with E-state index in [4.69, 9.17) is 4.74 Å². The zero-order chi connectivity index (χ0) is 20.7. The highest BCUT2D eigenvalue weighted by Gasteiger charge is 2.34. The van der Waals surface area contributed by atoms with Crippen molar-refractivity contribution in [1.29, 1.82) is 0 Å². The molecule has 10 heteroatoms. The average Bonchev–Trinajstić information content (AvgIpc) is 3.48. The van der Waals surface area contributed by atoms with Gasteiger partial charge in [-0.2, -0.15) is 10.2 Å². The number of aromatic nitrogens is 6. The van der Waals surface area contributed by atoms with Gasteiger partial charge in [-0.15, -0.1) is 0 Å². The minimum atomic E-state index is -0.450. The summed E-state index contributed by atoms with van der Waals surface area (Å²) in [6.07, 6.45) is 6.09. The molecule has 5 rings (SSSR count). The van der Waals surface area contributed by atoms with E-state index < -0.39 is 11.9 Å². The lowest BCUT2D eigenvalue weighted by molar-refractivity contribution is 0.178. The monoisotopic (exact) mass is 407 g/mol. The molecule has 3 aromatic heterocycles. The first-order valence-electron chi connectivity index (χ1n) is 9.62. The smallest absolute Gasteiger partial charge is 0.415 e. The molecule has 1 amide bonds. The molecule has 1 N–H and O–H groups in total. The van der Waals surface area contributed by atoms with Gasteiger partial charge >= 0.3 is 6.09 Å². The first kappa shape index (κ1) is 18.2. The fourth-order valence-corrected chi connectivity index (χ4v) is 3.69. The zero-order valence-electron chi connectivity index (χ0n) is 16.1. The number of fused-ring (bicyclic) bond motifs is 1. The summed E-state index contributed by atoms with van der Waals surface area (Å²) in [5, 5.41) is 10.8. The number of carbonyl (C=O) groups is 1. The molecule has 1 aromatic carbocycles. The largest absolute Gasteiger partial charge is 0.447 e. The lowest BCUT2D eigenvalue weighted by Crippen LogP contribution is -2.34. The van der Waals surface area contributed by atoms with Gasteiger partial charge in [-0.05, 0) is 30.2 Å². The van der Waals surface area contributed by atoms with E-state index in [-0.39, 0.29) is 11.9 Å². The number of halogens is 1. The third-order valence-electron chi connectivity index (χ3n) is 5.12. The SMILES string of the molecule is CCCC1COC(=O)N1c1ccn2ncc(-c3ccc(-c4nc[nH]n4)c(F)c3)c2n1. The van der Waals surface area contributed by atoms with Crippen molar-refractivity contribution in [1.82, 2.24) is 29.8 Å². The van der Waals surface area contributed by atoms with Gasteiger partial charge in [0.25, 0.3) is 0 Å². The van der Waals surface area contributed by atoms with Crippen LogP contribution >= 0.6 is 0 Å². The van der Waals surface area contributed by atoms with Gasteiger partial charge in [0.2, 0.25) is 0 Å². The van der Waals surface area contributed by atoms with Gasteiger partial charge in [0.1, 0.15) is 24.6 Å². The van der Waals surface area contributed by atoms with E-state index in [2.05, 4.69) is 32.2 Å². The maximum absolute atomic E-state index is 14.7. The number of anilines is 1. The molecule has 1 unspecified atom stereocenters. The quantitative estimate of drug-likeness (QED) is 0.544. The number of nitrogens with zero attached hydrogens (tertiary/aromatic N) is 6. The Morgan fingerprint density at radius 2 is 2.20 bits per heavy atom. The Morgan fingerprint density at radius 3 is 2.97 bits per heavy atom. The normalized spacial score (nSPS) is 16.4. The van der Waals surface area contributed by atoms with Crippen molar-refractivity contribution in [3.63, 3.8) is 0 Å². The highest BCUT2D eigenvalue weighted by atomic mass is 19.1. The maximum Gasteiger partial charge on any atom is 0.415 e. The fraction of sp³-hybridized carbons (Fsp3) is 0.250. The average molecular weight is 407 g/mol. The molecule has 9 nitrogen and oxygen atoms in total. The second kappa shape index (κ2) is 7.21. The molecule has 0 radical (unpaired) electrons. The van der Waals surface area contributed by atoms with Crippen molar-refractivity contribution < 1.29 is 13.9 Å². The zero-order valence-corrected chi connectivity index (χ0v) is 16.1. The van der Waals surface area contributed by atoms with E-state index in [9.17, 15) is 9.18 Å². The summed E-state index contributed by atoms with van der Waals surface area (Å²) in [6, 6.07) is 6.47. The molecule has 0 aliphatic carbocycles. The third-order valence-corrected chi connectivity index (χ3v) is 5.12. The lowest BCUT2D eigenvalue weighted by Gasteiger charge is -2.19. The summed E-state index contributed by atoms with van der Waals surface area (Å²) in [6.45, 7) is 2.41. The molecule has 0 saturated carbocycles. The number of benzene rings is 1. The van der Waals surface area contributed by atoms with Gasteiger partial charge in [0.15, 0.2) is 11.5 Å². The fourth-order valence-electron chi connectivity index (χ4n) is 3.69. The van der Waals surface area contributed by atoms with Gasteiger partial charge in [-0.25, -0.2) is 23.7 Å². The van der Waals surface area contributed by atoms with Crippen LogP contribution in [0.3, 0.4) is 0 Å². The topological polar surface area (TPSA) is 101 Å². The van der Waals surface area contributed by atoms with Crippen LogP contribution in [0, 0.1) is 5.82 Å². The number of cyclic esters (lactones) is 1. The third kappa shape index (κ3) is 2.97. The lowest BCUT2D eigenvalue weighted by atomic mass is 10.1. The van der Waals surface area contributed by atoms with Crippen LogP contribution in [0.25, 0.3) is 28.2 Å². The molecule has 152 valence electrons. The summed E-state index contributed by atoms with van der Waals surface area (Å²) in [5.74, 6) is 0.325. The minimum absolute atomic E-state index is 0.0538. The Hall–Kier alpha value is -3.82. The molecule has 4 heterocycles. The predicted molar refractivity (Wildman–Crippen MR) is 106 cm³/mol. The number of amides is 1. The Morgan fingerprint density at radius 1 is 1.30 bits per heavy atom. The van der Waals surface area contributed by atoms with Crippen LogP contribution in [-0.2, 0) is 4.74 Å². The number of ether oxygens (including phenoxy) is 1. The Labute approximate surface area is 170 Å². The summed E-state index contributed by atoms with van der Waals surface area (Å²) in [5.41, 5.74) is 2.08. The van der Waals surface area contributed by atoms with Crippen LogP contribution in [0.2, 0.25) is 0 Å². The minimum Gasteiger partial charge on any atom is -0.447 e. The molecule has 30 heavy (non-hydrogen) atoms. The number of carbonyl (C=O) groups excluding carboxylic acids is 1. The van der Waals surface area contributed by atoms with Crippen molar-refractivity contribution in [2.45, 2.75) is 25.8 Å². The number of H-pyrrole nitrogens is 1. The molecule has 4 aromatic rings. The van der Waals surface area contributed by atoms with Crippen LogP contribution in [0.4, 0.5) is 15.0 Å². The van der Waals surface area contributed by atoms with E-state index in [1.54, 1.807) is 40.0 Å². The maximum atomic E-state index is 14.7. The van der Waals surface area contributed by atoms with Gasteiger partial charge in [-0.1, -0.05) is 19.4 Å². The van der Waals surface area contributed by atoms with Crippen molar-refractivity contribution in [3.05, 3.63) is 48.8 Å². The number of hydrogen-bond acceptors (Lipinski definition) is 6. The highest BCUT2D eigenvalue weighted by molar-refractivity contribution is 5.90. The summed E-state index contributed by atoms with van der Waals surface area (Å²) >= 11 is 0. The standard InChI is InChI=1S/C20H18FN7O2/c1-2-3-13-10-30-20(29)28(13)17-6-7-27-19(25-17)15(9-24-27)12-4-5-14(16(21)8-12)18-22-11-23-26-18/h4-9,11,13H,2-3,10H2,1H3,(H,22,23,26). The van der Waals surface area contributed by atoms with Crippen LogP contribution in [0.1, 0.15) is 19.8 Å². The second-order valence-corrected chi connectivity index (χ2v) is 7.02. The summed E-state index contributed by atoms with van der Waals surface area (Å²) in [7, 11) is 0.